The molecule has 0 radical (unpaired) electrons. The van der Waals surface area contributed by atoms with E-state index in [1.165, 1.54) is 0 Å². The van der Waals surface area contributed by atoms with Gasteiger partial charge in [0.05, 0.1) is 30.7 Å². The standard InChI is InChI=1S/C7H3Cl2NO5.C7H5Cl2NO3/c8-2-1-3(9)6(11)5(10(14)15)4(2)7(12)13;8-2-1-3(9)6(11)5(10)4(2)7(12)13/h1,11H,(H,12,13);1,11H,10H2,(H,12,13). The summed E-state index contributed by atoms with van der Waals surface area (Å²) in [5, 5.41) is 45.3. The highest BCUT2D eigenvalue weighted by atomic mass is 35.5. The number of carboxylic acid groups (broad SMARTS) is 2. The van der Waals surface area contributed by atoms with Gasteiger partial charge >= 0.3 is 17.6 Å². The van der Waals surface area contributed by atoms with Crippen molar-refractivity contribution in [2.45, 2.75) is 0 Å². The van der Waals surface area contributed by atoms with Gasteiger partial charge in [-0.3, -0.25) is 10.1 Å². The molecule has 2 aromatic carbocycles. The number of phenolic OH excluding ortho intramolecular Hbond substituents is 2. The normalized spacial score (nSPS) is 10.0. The number of nitro benzene ring substituents is 1. The highest BCUT2D eigenvalue weighted by molar-refractivity contribution is 6.39. The van der Waals surface area contributed by atoms with E-state index in [2.05, 4.69) is 0 Å². The van der Waals surface area contributed by atoms with Crippen molar-refractivity contribution >= 4 is 69.7 Å². The van der Waals surface area contributed by atoms with Crippen LogP contribution >= 0.6 is 46.4 Å². The van der Waals surface area contributed by atoms with Gasteiger partial charge in [-0.1, -0.05) is 46.4 Å². The molecule has 0 heterocycles. The van der Waals surface area contributed by atoms with Gasteiger partial charge in [-0.2, -0.15) is 0 Å². The first-order chi connectivity index (χ1) is 12.8. The summed E-state index contributed by atoms with van der Waals surface area (Å²) in [5.74, 6) is -4.31. The summed E-state index contributed by atoms with van der Waals surface area (Å²) in [6, 6.07) is 2.05. The molecule has 0 fully saturated rings. The molecule has 0 aliphatic carbocycles. The molecule has 0 atom stereocenters. The molecule has 150 valence electrons. The van der Waals surface area contributed by atoms with Gasteiger partial charge in [0.25, 0.3) is 0 Å². The Morgan fingerprint density at radius 3 is 1.64 bits per heavy atom. The maximum Gasteiger partial charge on any atom is 0.344 e. The smallest absolute Gasteiger partial charge is 0.344 e. The fraction of sp³-hybridized carbons (Fsp3) is 0. The second kappa shape index (κ2) is 9.02. The van der Waals surface area contributed by atoms with E-state index >= 15 is 0 Å². The van der Waals surface area contributed by atoms with Crippen LogP contribution in [0.3, 0.4) is 0 Å². The van der Waals surface area contributed by atoms with Crippen LogP contribution in [-0.4, -0.2) is 37.3 Å². The van der Waals surface area contributed by atoms with Crippen molar-refractivity contribution in [2.75, 3.05) is 5.73 Å². The summed E-state index contributed by atoms with van der Waals surface area (Å²) in [7, 11) is 0. The molecule has 0 aliphatic rings. The lowest BCUT2D eigenvalue weighted by molar-refractivity contribution is -0.386. The highest BCUT2D eigenvalue weighted by Crippen LogP contribution is 2.40. The molecule has 0 spiro atoms. The molecular formula is C14H8Cl4N2O8. The Labute approximate surface area is 175 Å². The number of carbonyl (C=O) groups is 2. The number of anilines is 1. The third-order valence-electron chi connectivity index (χ3n) is 3.03. The molecule has 14 heteroatoms. The van der Waals surface area contributed by atoms with Crippen molar-refractivity contribution in [3.05, 3.63) is 53.5 Å². The fourth-order valence-corrected chi connectivity index (χ4v) is 2.91. The number of nitrogens with two attached hydrogens (primary N) is 1. The predicted molar refractivity (Wildman–Crippen MR) is 101 cm³/mol. The largest absolute Gasteiger partial charge is 0.504 e. The van der Waals surface area contributed by atoms with Crippen LogP contribution in [0.5, 0.6) is 11.5 Å². The topological polar surface area (TPSA) is 184 Å². The Kier molecular flexibility index (Phi) is 7.53. The zero-order chi connectivity index (χ0) is 21.9. The monoisotopic (exact) mass is 472 g/mol. The average molecular weight is 474 g/mol. The first-order valence-electron chi connectivity index (χ1n) is 6.59. The molecule has 6 N–H and O–H groups in total. The summed E-state index contributed by atoms with van der Waals surface area (Å²) in [6.07, 6.45) is 0. The van der Waals surface area contributed by atoms with E-state index in [9.17, 15) is 29.9 Å². The SMILES string of the molecule is Nc1c(O)c(Cl)cc(Cl)c1C(=O)O.O=C(O)c1c(Cl)cc(Cl)c(O)c1[N+](=O)[O-]. The van der Waals surface area contributed by atoms with E-state index in [4.69, 9.17) is 62.4 Å². The summed E-state index contributed by atoms with van der Waals surface area (Å²) in [5.41, 5.74) is 2.81. The van der Waals surface area contributed by atoms with Crippen LogP contribution in [0.25, 0.3) is 0 Å². The minimum atomic E-state index is -1.61. The molecule has 2 aromatic rings. The third kappa shape index (κ3) is 4.78. The van der Waals surface area contributed by atoms with Crippen LogP contribution in [-0.2, 0) is 0 Å². The van der Waals surface area contributed by atoms with Crippen molar-refractivity contribution in [3.8, 4) is 11.5 Å². The van der Waals surface area contributed by atoms with Gasteiger partial charge < -0.3 is 26.2 Å². The number of nitrogens with zero attached hydrogens (tertiary/aromatic N) is 1. The van der Waals surface area contributed by atoms with E-state index < -0.39 is 44.6 Å². The van der Waals surface area contributed by atoms with E-state index in [-0.39, 0.29) is 26.3 Å². The summed E-state index contributed by atoms with van der Waals surface area (Å²) in [4.78, 5) is 30.7. The number of phenols is 2. The van der Waals surface area contributed by atoms with Crippen molar-refractivity contribution in [1.29, 1.82) is 0 Å². The van der Waals surface area contributed by atoms with Crippen LogP contribution in [0.1, 0.15) is 20.7 Å². The van der Waals surface area contributed by atoms with Gasteiger partial charge in [0.2, 0.25) is 5.75 Å². The lowest BCUT2D eigenvalue weighted by atomic mass is 10.1. The van der Waals surface area contributed by atoms with E-state index in [1.807, 2.05) is 0 Å². The van der Waals surface area contributed by atoms with Gasteiger partial charge in [-0.15, -0.1) is 0 Å². The molecule has 0 aromatic heterocycles. The molecule has 0 bridgehead atoms. The van der Waals surface area contributed by atoms with Crippen molar-refractivity contribution in [1.82, 2.24) is 0 Å². The van der Waals surface area contributed by atoms with E-state index in [1.54, 1.807) is 0 Å². The first-order valence-corrected chi connectivity index (χ1v) is 8.10. The zero-order valence-electron chi connectivity index (χ0n) is 13.1. The predicted octanol–water partition coefficient (Wildman–Crippen LogP) is 4.28. The van der Waals surface area contributed by atoms with Gasteiger partial charge in [0.1, 0.15) is 5.56 Å². The Morgan fingerprint density at radius 1 is 0.857 bits per heavy atom. The zero-order valence-corrected chi connectivity index (χ0v) is 16.1. The molecule has 2 rings (SSSR count). The van der Waals surface area contributed by atoms with Crippen molar-refractivity contribution in [3.63, 3.8) is 0 Å². The molecule has 0 saturated carbocycles. The van der Waals surface area contributed by atoms with Crippen LogP contribution in [0.2, 0.25) is 20.1 Å². The molecule has 10 nitrogen and oxygen atoms in total. The first kappa shape index (κ1) is 23.4. The number of aromatic carboxylic acids is 2. The minimum Gasteiger partial charge on any atom is -0.504 e. The summed E-state index contributed by atoms with van der Waals surface area (Å²) >= 11 is 21.9. The Hall–Kier alpha value is -2.66. The average Bonchev–Trinajstić information content (AvgIpc) is 2.55. The van der Waals surface area contributed by atoms with Crippen molar-refractivity contribution in [2.24, 2.45) is 0 Å². The molecular weight excluding hydrogens is 466 g/mol. The number of benzene rings is 2. The summed E-state index contributed by atoms with van der Waals surface area (Å²) < 4.78 is 0. The lowest BCUT2D eigenvalue weighted by Gasteiger charge is -2.06. The van der Waals surface area contributed by atoms with Gasteiger partial charge in [-0.25, -0.2) is 9.59 Å². The number of carboxylic acids is 2. The molecule has 0 unspecified atom stereocenters. The number of aromatic hydroxyl groups is 2. The van der Waals surface area contributed by atoms with E-state index in [0.717, 1.165) is 12.1 Å². The summed E-state index contributed by atoms with van der Waals surface area (Å²) in [6.45, 7) is 0. The Morgan fingerprint density at radius 2 is 1.25 bits per heavy atom. The molecule has 0 aliphatic heterocycles. The second-order valence-corrected chi connectivity index (χ2v) is 6.39. The highest BCUT2D eigenvalue weighted by Gasteiger charge is 2.30. The minimum absolute atomic E-state index is 0.0764. The molecule has 0 saturated heterocycles. The number of hydrogen-bond donors (Lipinski definition) is 5. The number of halogens is 4. The van der Waals surface area contributed by atoms with Crippen LogP contribution < -0.4 is 5.73 Å². The fourth-order valence-electron chi connectivity index (χ4n) is 1.82. The maximum atomic E-state index is 10.7. The van der Waals surface area contributed by atoms with Gasteiger partial charge in [-0.05, 0) is 12.1 Å². The van der Waals surface area contributed by atoms with Crippen LogP contribution in [0, 0.1) is 10.1 Å². The van der Waals surface area contributed by atoms with Gasteiger partial charge in [0, 0.05) is 0 Å². The quantitative estimate of drug-likeness (QED) is 0.187. The lowest BCUT2D eigenvalue weighted by Crippen LogP contribution is -2.04. The molecule has 28 heavy (non-hydrogen) atoms. The van der Waals surface area contributed by atoms with Crippen molar-refractivity contribution < 1.29 is 34.9 Å². The second-order valence-electron chi connectivity index (χ2n) is 4.76. The van der Waals surface area contributed by atoms with E-state index in [0.29, 0.717) is 0 Å². The number of nitrogen functional groups attached to an aromatic ring is 1. The number of nitro groups is 1. The Balaban J connectivity index is 0.000000283. The molecule has 0 amide bonds. The third-order valence-corrected chi connectivity index (χ3v) is 4.21. The maximum absolute atomic E-state index is 10.7. The van der Waals surface area contributed by atoms with Crippen LogP contribution in [0.4, 0.5) is 11.4 Å². The van der Waals surface area contributed by atoms with Crippen LogP contribution in [0.15, 0.2) is 12.1 Å². The Bertz CT molecular complexity index is 996. The number of rotatable bonds is 3. The number of hydrogen-bond acceptors (Lipinski definition) is 7. The van der Waals surface area contributed by atoms with Gasteiger partial charge in [0.15, 0.2) is 11.3 Å².